The molecule has 0 radical (unpaired) electrons. The SMILES string of the molecule is NC1(C(=O)N[C@@H]2CONC2=O)CCOC1. The highest BCUT2D eigenvalue weighted by Gasteiger charge is 2.40. The normalized spacial score (nSPS) is 35.3. The van der Waals surface area contributed by atoms with Crippen LogP contribution in [0, 0.1) is 0 Å². The van der Waals surface area contributed by atoms with Gasteiger partial charge in [-0.15, -0.1) is 0 Å². The first kappa shape index (κ1) is 10.3. The van der Waals surface area contributed by atoms with Gasteiger partial charge < -0.3 is 15.8 Å². The number of amides is 2. The third kappa shape index (κ3) is 1.94. The van der Waals surface area contributed by atoms with E-state index in [-0.39, 0.29) is 25.0 Å². The van der Waals surface area contributed by atoms with Crippen LogP contribution >= 0.6 is 0 Å². The Morgan fingerprint density at radius 1 is 1.67 bits per heavy atom. The van der Waals surface area contributed by atoms with E-state index in [0.717, 1.165) is 0 Å². The first-order valence-corrected chi connectivity index (χ1v) is 4.71. The molecule has 0 saturated carbocycles. The zero-order valence-electron chi connectivity index (χ0n) is 8.12. The number of hydroxylamine groups is 1. The fraction of sp³-hybridized carbons (Fsp3) is 0.750. The highest BCUT2D eigenvalue weighted by molar-refractivity contribution is 5.92. The maximum atomic E-state index is 11.7. The van der Waals surface area contributed by atoms with Gasteiger partial charge in [0.15, 0.2) is 0 Å². The van der Waals surface area contributed by atoms with Gasteiger partial charge in [-0.25, -0.2) is 5.48 Å². The Balaban J connectivity index is 1.94. The molecular formula is C8H13N3O4. The third-order valence-electron chi connectivity index (χ3n) is 2.55. The fourth-order valence-electron chi connectivity index (χ4n) is 1.51. The van der Waals surface area contributed by atoms with Crippen LogP contribution in [-0.2, 0) is 19.2 Å². The smallest absolute Gasteiger partial charge is 0.268 e. The lowest BCUT2D eigenvalue weighted by Crippen LogP contribution is -2.58. The van der Waals surface area contributed by atoms with E-state index < -0.39 is 11.6 Å². The molecule has 2 amide bonds. The van der Waals surface area contributed by atoms with E-state index in [9.17, 15) is 9.59 Å². The summed E-state index contributed by atoms with van der Waals surface area (Å²) in [5.74, 6) is -0.725. The summed E-state index contributed by atoms with van der Waals surface area (Å²) in [6.07, 6.45) is 0.466. The lowest BCUT2D eigenvalue weighted by molar-refractivity contribution is -0.131. The van der Waals surface area contributed by atoms with Crippen LogP contribution in [0.25, 0.3) is 0 Å². The molecule has 0 aromatic rings. The van der Waals surface area contributed by atoms with Crippen LogP contribution in [0.4, 0.5) is 0 Å². The highest BCUT2D eigenvalue weighted by atomic mass is 16.7. The van der Waals surface area contributed by atoms with Crippen LogP contribution in [0.5, 0.6) is 0 Å². The van der Waals surface area contributed by atoms with Crippen LogP contribution in [0.1, 0.15) is 6.42 Å². The van der Waals surface area contributed by atoms with Gasteiger partial charge in [0.25, 0.3) is 5.91 Å². The summed E-state index contributed by atoms with van der Waals surface area (Å²) < 4.78 is 5.05. The second kappa shape index (κ2) is 3.76. The van der Waals surface area contributed by atoms with Crippen molar-refractivity contribution < 1.29 is 19.2 Å². The van der Waals surface area contributed by atoms with Gasteiger partial charge >= 0.3 is 0 Å². The third-order valence-corrected chi connectivity index (χ3v) is 2.55. The van der Waals surface area contributed by atoms with Gasteiger partial charge in [0.05, 0.1) is 6.61 Å². The summed E-state index contributed by atoms with van der Waals surface area (Å²) in [7, 11) is 0. The molecule has 2 heterocycles. The minimum atomic E-state index is -1.01. The number of nitrogens with two attached hydrogens (primary N) is 1. The number of carbonyl (C=O) groups is 2. The van der Waals surface area contributed by atoms with Crippen LogP contribution in [-0.4, -0.2) is 43.2 Å². The molecule has 2 rings (SSSR count). The Hall–Kier alpha value is -1.18. The van der Waals surface area contributed by atoms with E-state index in [2.05, 4.69) is 15.6 Å². The van der Waals surface area contributed by atoms with E-state index in [1.165, 1.54) is 0 Å². The van der Waals surface area contributed by atoms with E-state index in [0.29, 0.717) is 13.0 Å². The quantitative estimate of drug-likeness (QED) is 0.478. The molecule has 7 heteroatoms. The Bertz CT molecular complexity index is 288. The summed E-state index contributed by atoms with van der Waals surface area (Å²) in [5, 5.41) is 2.53. The van der Waals surface area contributed by atoms with Crippen molar-refractivity contribution in [3.8, 4) is 0 Å². The van der Waals surface area contributed by atoms with Crippen LogP contribution in [0.3, 0.4) is 0 Å². The Morgan fingerprint density at radius 2 is 2.47 bits per heavy atom. The highest BCUT2D eigenvalue weighted by Crippen LogP contribution is 2.15. The van der Waals surface area contributed by atoms with Crippen LogP contribution < -0.4 is 16.5 Å². The van der Waals surface area contributed by atoms with Crippen LogP contribution in [0.2, 0.25) is 0 Å². The molecule has 0 aromatic carbocycles. The summed E-state index contributed by atoms with van der Waals surface area (Å²) in [5.41, 5.74) is 6.96. The summed E-state index contributed by atoms with van der Waals surface area (Å²) >= 11 is 0. The van der Waals surface area contributed by atoms with E-state index in [4.69, 9.17) is 10.5 Å². The largest absolute Gasteiger partial charge is 0.379 e. The number of hydrogen-bond donors (Lipinski definition) is 3. The van der Waals surface area contributed by atoms with Gasteiger partial charge in [-0.1, -0.05) is 0 Å². The Morgan fingerprint density at radius 3 is 3.00 bits per heavy atom. The number of hydrogen-bond acceptors (Lipinski definition) is 5. The van der Waals surface area contributed by atoms with Crippen molar-refractivity contribution in [2.24, 2.45) is 5.73 Å². The number of ether oxygens (including phenoxy) is 1. The van der Waals surface area contributed by atoms with Gasteiger partial charge in [0.1, 0.15) is 18.2 Å². The predicted molar refractivity (Wildman–Crippen MR) is 48.4 cm³/mol. The van der Waals surface area contributed by atoms with Crippen molar-refractivity contribution in [2.45, 2.75) is 18.0 Å². The molecule has 0 aromatic heterocycles. The first-order chi connectivity index (χ1) is 7.12. The van der Waals surface area contributed by atoms with Gasteiger partial charge in [-0.2, -0.15) is 0 Å². The second-order valence-corrected chi connectivity index (χ2v) is 3.76. The minimum Gasteiger partial charge on any atom is -0.379 e. The van der Waals surface area contributed by atoms with E-state index in [1.807, 2.05) is 0 Å². The van der Waals surface area contributed by atoms with E-state index in [1.54, 1.807) is 0 Å². The van der Waals surface area contributed by atoms with Crippen molar-refractivity contribution in [3.05, 3.63) is 0 Å². The average Bonchev–Trinajstić information content (AvgIpc) is 2.78. The summed E-state index contributed by atoms with van der Waals surface area (Å²) in [4.78, 5) is 27.5. The molecular weight excluding hydrogens is 202 g/mol. The summed E-state index contributed by atoms with van der Waals surface area (Å²) in [6.45, 7) is 0.785. The number of nitrogens with one attached hydrogen (secondary N) is 2. The fourth-order valence-corrected chi connectivity index (χ4v) is 1.51. The molecule has 15 heavy (non-hydrogen) atoms. The Labute approximate surface area is 86.2 Å². The van der Waals surface area contributed by atoms with Crippen molar-refractivity contribution in [3.63, 3.8) is 0 Å². The van der Waals surface area contributed by atoms with Crippen molar-refractivity contribution in [1.82, 2.24) is 10.8 Å². The Kier molecular flexibility index (Phi) is 2.59. The van der Waals surface area contributed by atoms with Crippen LogP contribution in [0.15, 0.2) is 0 Å². The lowest BCUT2D eigenvalue weighted by atomic mass is 9.99. The molecule has 2 aliphatic heterocycles. The molecule has 4 N–H and O–H groups in total. The maximum absolute atomic E-state index is 11.7. The summed E-state index contributed by atoms with van der Waals surface area (Å²) in [6, 6.07) is -0.654. The molecule has 2 aliphatic rings. The monoisotopic (exact) mass is 215 g/mol. The predicted octanol–water partition coefficient (Wildman–Crippen LogP) is -2.35. The molecule has 0 spiro atoms. The molecule has 0 bridgehead atoms. The maximum Gasteiger partial charge on any atom is 0.268 e. The first-order valence-electron chi connectivity index (χ1n) is 4.71. The zero-order valence-corrected chi connectivity index (χ0v) is 8.12. The molecule has 0 aliphatic carbocycles. The van der Waals surface area contributed by atoms with Gasteiger partial charge in [-0.3, -0.25) is 14.4 Å². The molecule has 2 atom stereocenters. The van der Waals surface area contributed by atoms with Gasteiger partial charge in [0, 0.05) is 6.61 Å². The molecule has 84 valence electrons. The minimum absolute atomic E-state index is 0.126. The topological polar surface area (TPSA) is 103 Å². The lowest BCUT2D eigenvalue weighted by Gasteiger charge is -2.21. The molecule has 2 fully saturated rings. The molecule has 1 unspecified atom stereocenters. The second-order valence-electron chi connectivity index (χ2n) is 3.76. The molecule has 7 nitrogen and oxygen atoms in total. The van der Waals surface area contributed by atoms with Crippen molar-refractivity contribution in [2.75, 3.05) is 19.8 Å². The van der Waals surface area contributed by atoms with E-state index >= 15 is 0 Å². The average molecular weight is 215 g/mol. The standard InChI is InChI=1S/C8H13N3O4/c9-8(1-2-14-4-8)7(13)10-5-3-15-11-6(5)12/h5H,1-4,9H2,(H,10,13)(H,11,12)/t5-,8?/m1/s1. The van der Waals surface area contributed by atoms with Gasteiger partial charge in [-0.05, 0) is 6.42 Å². The van der Waals surface area contributed by atoms with Gasteiger partial charge in [0.2, 0.25) is 5.91 Å². The number of carbonyl (C=O) groups excluding carboxylic acids is 2. The molecule has 2 saturated heterocycles. The zero-order chi connectivity index (χ0) is 10.9. The van der Waals surface area contributed by atoms with Crippen molar-refractivity contribution in [1.29, 1.82) is 0 Å². The number of rotatable bonds is 2. The van der Waals surface area contributed by atoms with Crippen molar-refractivity contribution >= 4 is 11.8 Å².